The van der Waals surface area contributed by atoms with Crippen LogP contribution in [0, 0.1) is 13.8 Å². The molecule has 0 saturated heterocycles. The normalized spacial score (nSPS) is 10.6. The first-order chi connectivity index (χ1) is 12.7. The Labute approximate surface area is 162 Å². The average molecular weight is 392 g/mol. The van der Waals surface area contributed by atoms with Crippen LogP contribution in [0.4, 0.5) is 5.00 Å². The number of esters is 1. The highest BCUT2D eigenvalue weighted by Gasteiger charge is 2.28. The molecule has 2 aromatic heterocycles. The minimum absolute atomic E-state index is 0.216. The summed E-state index contributed by atoms with van der Waals surface area (Å²) in [6, 6.07) is 0. The monoisotopic (exact) mass is 392 g/mol. The molecule has 27 heavy (non-hydrogen) atoms. The second-order valence-electron chi connectivity index (χ2n) is 6.35. The van der Waals surface area contributed by atoms with E-state index in [-0.39, 0.29) is 18.1 Å². The molecular weight excluding hydrogens is 368 g/mol. The molecule has 2 rings (SSSR count). The van der Waals surface area contributed by atoms with E-state index < -0.39 is 11.9 Å². The Balaban J connectivity index is 2.45. The van der Waals surface area contributed by atoms with E-state index in [9.17, 15) is 14.4 Å². The molecule has 0 radical (unpaired) electrons. The number of aryl methyl sites for hydroxylation is 2. The van der Waals surface area contributed by atoms with E-state index in [0.717, 1.165) is 11.3 Å². The van der Waals surface area contributed by atoms with E-state index in [2.05, 4.69) is 10.4 Å². The lowest BCUT2D eigenvalue weighted by atomic mass is 10.1. The lowest BCUT2D eigenvalue weighted by Gasteiger charge is -2.09. The molecule has 2 amide bonds. The summed E-state index contributed by atoms with van der Waals surface area (Å²) < 4.78 is 6.79. The third kappa shape index (κ3) is 4.36. The summed E-state index contributed by atoms with van der Waals surface area (Å²) in [6.07, 6.45) is 2.28. The number of thiophene rings is 1. The summed E-state index contributed by atoms with van der Waals surface area (Å²) in [7, 11) is 4.99. The summed E-state index contributed by atoms with van der Waals surface area (Å²) in [6.45, 7) is 5.57. The number of anilines is 1. The van der Waals surface area contributed by atoms with Gasteiger partial charge in [-0.2, -0.15) is 5.10 Å². The van der Waals surface area contributed by atoms with Gasteiger partial charge >= 0.3 is 5.97 Å². The number of hydrogen-bond donors (Lipinski definition) is 1. The van der Waals surface area contributed by atoms with Gasteiger partial charge in [0.25, 0.3) is 11.8 Å². The van der Waals surface area contributed by atoms with Crippen LogP contribution < -0.4 is 5.32 Å². The largest absolute Gasteiger partial charge is 0.462 e. The number of carbonyl (C=O) groups excluding carboxylic acids is 3. The Morgan fingerprint density at radius 2 is 1.96 bits per heavy atom. The second kappa shape index (κ2) is 8.34. The topological polar surface area (TPSA) is 93.5 Å². The third-order valence-corrected chi connectivity index (χ3v) is 5.07. The van der Waals surface area contributed by atoms with Crippen LogP contribution >= 0.6 is 11.3 Å². The summed E-state index contributed by atoms with van der Waals surface area (Å²) in [5, 5.41) is 7.20. The Morgan fingerprint density at radius 1 is 1.30 bits per heavy atom. The van der Waals surface area contributed by atoms with Crippen molar-refractivity contribution in [2.75, 3.05) is 26.0 Å². The second-order valence-corrected chi connectivity index (χ2v) is 7.37. The van der Waals surface area contributed by atoms with Crippen molar-refractivity contribution in [3.63, 3.8) is 0 Å². The van der Waals surface area contributed by atoms with Gasteiger partial charge in [0, 0.05) is 27.3 Å². The maximum Gasteiger partial charge on any atom is 0.341 e. The first kappa shape index (κ1) is 20.6. The first-order valence-corrected chi connectivity index (χ1v) is 9.32. The molecule has 146 valence electrons. The SMILES string of the molecule is CCCOC(=O)c1c(NC(=O)c2cn(C)nc2C)sc(C(=O)N(C)C)c1C. The Morgan fingerprint density at radius 3 is 2.48 bits per heavy atom. The molecule has 0 fully saturated rings. The van der Waals surface area contributed by atoms with Crippen molar-refractivity contribution in [1.29, 1.82) is 0 Å². The first-order valence-electron chi connectivity index (χ1n) is 8.51. The van der Waals surface area contributed by atoms with Crippen LogP contribution in [-0.2, 0) is 11.8 Å². The fourth-order valence-corrected chi connectivity index (χ4v) is 3.73. The number of amides is 2. The maximum absolute atomic E-state index is 12.7. The minimum Gasteiger partial charge on any atom is -0.462 e. The Bertz CT molecular complexity index is 882. The average Bonchev–Trinajstić information content (AvgIpc) is 3.10. The number of nitrogens with one attached hydrogen (secondary N) is 1. The van der Waals surface area contributed by atoms with Crippen LogP contribution in [0.25, 0.3) is 0 Å². The molecule has 0 spiro atoms. The molecule has 0 aliphatic carbocycles. The highest BCUT2D eigenvalue weighted by Crippen LogP contribution is 2.34. The number of nitrogens with zero attached hydrogens (tertiary/aromatic N) is 3. The smallest absolute Gasteiger partial charge is 0.341 e. The number of hydrogen-bond acceptors (Lipinski definition) is 6. The Kier molecular flexibility index (Phi) is 6.37. The number of ether oxygens (including phenoxy) is 1. The molecule has 0 unspecified atom stereocenters. The number of aromatic nitrogens is 2. The minimum atomic E-state index is -0.554. The maximum atomic E-state index is 12.7. The van der Waals surface area contributed by atoms with Gasteiger partial charge < -0.3 is 15.0 Å². The molecule has 1 N–H and O–H groups in total. The van der Waals surface area contributed by atoms with E-state index in [4.69, 9.17) is 4.74 Å². The van der Waals surface area contributed by atoms with Gasteiger partial charge in [0.05, 0.1) is 28.3 Å². The van der Waals surface area contributed by atoms with Gasteiger partial charge in [0.2, 0.25) is 0 Å². The lowest BCUT2D eigenvalue weighted by Crippen LogP contribution is -2.21. The van der Waals surface area contributed by atoms with Crippen LogP contribution in [0.2, 0.25) is 0 Å². The van der Waals surface area contributed by atoms with Crippen molar-refractivity contribution < 1.29 is 19.1 Å². The predicted octanol–water partition coefficient (Wildman–Crippen LogP) is 2.62. The predicted molar refractivity (Wildman–Crippen MR) is 104 cm³/mol. The molecule has 0 aliphatic rings. The zero-order chi connectivity index (χ0) is 20.3. The van der Waals surface area contributed by atoms with Gasteiger partial charge in [-0.15, -0.1) is 11.3 Å². The Hall–Kier alpha value is -2.68. The number of rotatable bonds is 6. The van der Waals surface area contributed by atoms with Crippen LogP contribution in [-0.4, -0.2) is 53.2 Å². The lowest BCUT2D eigenvalue weighted by molar-refractivity contribution is 0.0506. The molecule has 0 bridgehead atoms. The molecule has 0 aliphatic heterocycles. The molecule has 2 aromatic rings. The van der Waals surface area contributed by atoms with Gasteiger partial charge in [-0.3, -0.25) is 14.3 Å². The highest BCUT2D eigenvalue weighted by atomic mass is 32.1. The molecule has 0 saturated carbocycles. The standard InChI is InChI=1S/C18H24N4O4S/c1-7-8-26-18(25)13-10(2)14(17(24)21(4)5)27-16(13)19-15(23)12-9-22(6)20-11(12)3/h9H,7-8H2,1-6H3,(H,19,23). The van der Waals surface area contributed by atoms with Gasteiger partial charge in [0.1, 0.15) is 5.00 Å². The summed E-state index contributed by atoms with van der Waals surface area (Å²) in [4.78, 5) is 39.4. The van der Waals surface area contributed by atoms with Crippen molar-refractivity contribution in [1.82, 2.24) is 14.7 Å². The summed E-state index contributed by atoms with van der Waals surface area (Å²) in [5.41, 5.74) is 1.69. The summed E-state index contributed by atoms with van der Waals surface area (Å²) in [5.74, 6) is -1.18. The zero-order valence-electron chi connectivity index (χ0n) is 16.4. The fourth-order valence-electron chi connectivity index (χ4n) is 2.51. The molecule has 0 atom stereocenters. The van der Waals surface area contributed by atoms with Crippen molar-refractivity contribution in [2.24, 2.45) is 7.05 Å². The van der Waals surface area contributed by atoms with Crippen molar-refractivity contribution in [2.45, 2.75) is 27.2 Å². The van der Waals surface area contributed by atoms with Gasteiger partial charge in [-0.05, 0) is 25.8 Å². The molecule has 2 heterocycles. The molecule has 8 nitrogen and oxygen atoms in total. The number of carbonyl (C=O) groups is 3. The van der Waals surface area contributed by atoms with Crippen LogP contribution in [0.15, 0.2) is 6.20 Å². The zero-order valence-corrected chi connectivity index (χ0v) is 17.2. The van der Waals surface area contributed by atoms with E-state index in [1.165, 1.54) is 4.90 Å². The van der Waals surface area contributed by atoms with E-state index >= 15 is 0 Å². The van der Waals surface area contributed by atoms with E-state index in [1.807, 2.05) is 6.92 Å². The van der Waals surface area contributed by atoms with Crippen LogP contribution in [0.5, 0.6) is 0 Å². The summed E-state index contributed by atoms with van der Waals surface area (Å²) >= 11 is 1.07. The fraction of sp³-hybridized carbons (Fsp3) is 0.444. The van der Waals surface area contributed by atoms with Crippen molar-refractivity contribution in [3.8, 4) is 0 Å². The van der Waals surface area contributed by atoms with Gasteiger partial charge in [0.15, 0.2) is 0 Å². The van der Waals surface area contributed by atoms with E-state index in [1.54, 1.807) is 45.9 Å². The van der Waals surface area contributed by atoms with Crippen LogP contribution in [0.3, 0.4) is 0 Å². The van der Waals surface area contributed by atoms with Crippen LogP contribution in [0.1, 0.15) is 55.0 Å². The molecular formula is C18H24N4O4S. The van der Waals surface area contributed by atoms with E-state index in [0.29, 0.717) is 33.1 Å². The van der Waals surface area contributed by atoms with Gasteiger partial charge in [-0.1, -0.05) is 6.92 Å². The third-order valence-electron chi connectivity index (χ3n) is 3.87. The van der Waals surface area contributed by atoms with Gasteiger partial charge in [-0.25, -0.2) is 4.79 Å². The quantitative estimate of drug-likeness (QED) is 0.763. The van der Waals surface area contributed by atoms with Crippen molar-refractivity contribution in [3.05, 3.63) is 33.5 Å². The molecule has 0 aromatic carbocycles. The van der Waals surface area contributed by atoms with Crippen molar-refractivity contribution >= 4 is 34.1 Å². The molecule has 9 heteroatoms. The highest BCUT2D eigenvalue weighted by molar-refractivity contribution is 7.18.